The van der Waals surface area contributed by atoms with E-state index in [0.29, 0.717) is 0 Å². The van der Waals surface area contributed by atoms with Crippen LogP contribution in [-0.2, 0) is 0 Å². The fraction of sp³-hybridized carbons (Fsp3) is 0.667. The minimum atomic E-state index is 0.839. The maximum absolute atomic E-state index is 4.33. The van der Waals surface area contributed by atoms with Crippen LogP contribution in [-0.4, -0.2) is 16.5 Å². The summed E-state index contributed by atoms with van der Waals surface area (Å²) < 4.78 is 0. The van der Waals surface area contributed by atoms with Crippen molar-refractivity contribution in [1.29, 1.82) is 0 Å². The third-order valence-electron chi connectivity index (χ3n) is 2.30. The highest BCUT2D eigenvalue weighted by Crippen LogP contribution is 2.06. The van der Waals surface area contributed by atoms with Crippen molar-refractivity contribution in [2.45, 2.75) is 46.5 Å². The Hall–Kier alpha value is -1.12. The number of nitrogens with zero attached hydrogens (tertiary/aromatic N) is 2. The third-order valence-corrected chi connectivity index (χ3v) is 2.30. The summed E-state index contributed by atoms with van der Waals surface area (Å²) >= 11 is 0. The number of nitrogens with one attached hydrogen (secondary N) is 1. The molecule has 0 atom stereocenters. The van der Waals surface area contributed by atoms with Gasteiger partial charge in [-0.05, 0) is 20.3 Å². The van der Waals surface area contributed by atoms with Crippen molar-refractivity contribution in [2.24, 2.45) is 0 Å². The Morgan fingerprint density at radius 1 is 1.13 bits per heavy atom. The van der Waals surface area contributed by atoms with E-state index in [1.54, 1.807) is 0 Å². The number of hydrogen-bond donors (Lipinski definition) is 1. The fourth-order valence-corrected chi connectivity index (χ4v) is 1.58. The molecule has 1 N–H and O–H groups in total. The van der Waals surface area contributed by atoms with Crippen LogP contribution in [0.1, 0.15) is 44.1 Å². The predicted molar refractivity (Wildman–Crippen MR) is 64.1 cm³/mol. The van der Waals surface area contributed by atoms with Crippen LogP contribution in [0.2, 0.25) is 0 Å². The highest BCUT2D eigenvalue weighted by atomic mass is 15.0. The minimum Gasteiger partial charge on any atom is -0.370 e. The van der Waals surface area contributed by atoms with Gasteiger partial charge < -0.3 is 5.32 Å². The molecule has 0 aliphatic rings. The quantitative estimate of drug-likeness (QED) is 0.728. The van der Waals surface area contributed by atoms with Gasteiger partial charge in [0.15, 0.2) is 0 Å². The second-order valence-electron chi connectivity index (χ2n) is 3.93. The number of anilines is 1. The highest BCUT2D eigenvalue weighted by Gasteiger charge is 1.97. The number of hydrogen-bond acceptors (Lipinski definition) is 3. The maximum Gasteiger partial charge on any atom is 0.129 e. The molecule has 1 heterocycles. The Balaban J connectivity index is 2.31. The molecule has 1 aromatic rings. The van der Waals surface area contributed by atoms with E-state index in [0.717, 1.165) is 23.9 Å². The lowest BCUT2D eigenvalue weighted by atomic mass is 10.2. The van der Waals surface area contributed by atoms with E-state index in [-0.39, 0.29) is 0 Å². The van der Waals surface area contributed by atoms with Gasteiger partial charge in [0.05, 0.1) is 0 Å². The Morgan fingerprint density at radius 2 is 1.93 bits per heavy atom. The summed E-state index contributed by atoms with van der Waals surface area (Å²) in [6, 6.07) is 1.99. The summed E-state index contributed by atoms with van der Waals surface area (Å²) in [6.07, 6.45) is 5.12. The molecule has 0 radical (unpaired) electrons. The van der Waals surface area contributed by atoms with E-state index in [2.05, 4.69) is 22.2 Å². The summed E-state index contributed by atoms with van der Waals surface area (Å²) in [5.41, 5.74) is 1.03. The molecule has 0 amide bonds. The molecule has 1 rings (SSSR count). The van der Waals surface area contributed by atoms with Gasteiger partial charge in [0.2, 0.25) is 0 Å². The van der Waals surface area contributed by atoms with E-state index >= 15 is 0 Å². The largest absolute Gasteiger partial charge is 0.370 e. The molecule has 84 valence electrons. The molecule has 3 heteroatoms. The zero-order valence-electron chi connectivity index (χ0n) is 10.0. The lowest BCUT2D eigenvalue weighted by Gasteiger charge is -2.06. The van der Waals surface area contributed by atoms with Gasteiger partial charge in [-0.3, -0.25) is 0 Å². The third kappa shape index (κ3) is 4.77. The minimum absolute atomic E-state index is 0.839. The Kier molecular flexibility index (Phi) is 5.08. The van der Waals surface area contributed by atoms with Crippen molar-refractivity contribution in [3.8, 4) is 0 Å². The maximum atomic E-state index is 4.33. The topological polar surface area (TPSA) is 37.8 Å². The first-order valence-corrected chi connectivity index (χ1v) is 5.78. The Labute approximate surface area is 92.3 Å². The van der Waals surface area contributed by atoms with Crippen molar-refractivity contribution in [3.63, 3.8) is 0 Å². The van der Waals surface area contributed by atoms with Crippen LogP contribution < -0.4 is 5.32 Å². The van der Waals surface area contributed by atoms with Crippen LogP contribution in [0, 0.1) is 13.8 Å². The standard InChI is InChI=1S/C12H21N3/c1-4-5-6-7-8-13-12-9-10(2)14-11(3)15-12/h9H,4-8H2,1-3H3,(H,13,14,15). The van der Waals surface area contributed by atoms with E-state index < -0.39 is 0 Å². The van der Waals surface area contributed by atoms with Crippen LogP contribution in [0.3, 0.4) is 0 Å². The number of aryl methyl sites for hydroxylation is 2. The molecule has 0 aromatic carbocycles. The smallest absolute Gasteiger partial charge is 0.129 e. The zero-order valence-corrected chi connectivity index (χ0v) is 10.0. The molecule has 0 aliphatic carbocycles. The number of rotatable bonds is 6. The number of aromatic nitrogens is 2. The highest BCUT2D eigenvalue weighted by molar-refractivity contribution is 5.35. The molecule has 1 aromatic heterocycles. The van der Waals surface area contributed by atoms with Crippen molar-refractivity contribution >= 4 is 5.82 Å². The average molecular weight is 207 g/mol. The summed E-state index contributed by atoms with van der Waals surface area (Å²) in [5.74, 6) is 1.79. The van der Waals surface area contributed by atoms with Crippen molar-refractivity contribution < 1.29 is 0 Å². The predicted octanol–water partition coefficient (Wildman–Crippen LogP) is 3.09. The summed E-state index contributed by atoms with van der Waals surface area (Å²) in [6.45, 7) is 7.16. The van der Waals surface area contributed by atoms with Gasteiger partial charge in [0.25, 0.3) is 0 Å². The van der Waals surface area contributed by atoms with Crippen molar-refractivity contribution in [3.05, 3.63) is 17.6 Å². The first kappa shape index (κ1) is 12.0. The molecule has 0 saturated heterocycles. The lowest BCUT2D eigenvalue weighted by molar-refractivity contribution is 0.684. The molecule has 0 bridgehead atoms. The SMILES string of the molecule is CCCCCCNc1cc(C)nc(C)n1. The van der Waals surface area contributed by atoms with E-state index in [1.807, 2.05) is 19.9 Å². The monoisotopic (exact) mass is 207 g/mol. The van der Waals surface area contributed by atoms with Gasteiger partial charge in [-0.15, -0.1) is 0 Å². The van der Waals surface area contributed by atoms with Gasteiger partial charge in [0.1, 0.15) is 11.6 Å². The van der Waals surface area contributed by atoms with E-state index in [9.17, 15) is 0 Å². The van der Waals surface area contributed by atoms with Crippen LogP contribution in [0.15, 0.2) is 6.07 Å². The second kappa shape index (κ2) is 6.38. The molecule has 0 unspecified atom stereocenters. The van der Waals surface area contributed by atoms with Crippen molar-refractivity contribution in [1.82, 2.24) is 9.97 Å². The van der Waals surface area contributed by atoms with Crippen molar-refractivity contribution in [2.75, 3.05) is 11.9 Å². The van der Waals surface area contributed by atoms with E-state index in [1.165, 1.54) is 25.7 Å². The first-order valence-electron chi connectivity index (χ1n) is 5.78. The average Bonchev–Trinajstić information content (AvgIpc) is 2.16. The molecule has 0 spiro atoms. The second-order valence-corrected chi connectivity index (χ2v) is 3.93. The van der Waals surface area contributed by atoms with Crippen LogP contribution >= 0.6 is 0 Å². The summed E-state index contributed by atoms with van der Waals surface area (Å²) in [5, 5.41) is 3.33. The van der Waals surface area contributed by atoms with E-state index in [4.69, 9.17) is 0 Å². The molecule has 0 fully saturated rings. The molecule has 0 aliphatic heterocycles. The first-order chi connectivity index (χ1) is 7.22. The van der Waals surface area contributed by atoms with Gasteiger partial charge in [-0.25, -0.2) is 9.97 Å². The normalized spacial score (nSPS) is 10.3. The van der Waals surface area contributed by atoms with Crippen LogP contribution in [0.25, 0.3) is 0 Å². The zero-order chi connectivity index (χ0) is 11.1. The molecule has 0 saturated carbocycles. The Morgan fingerprint density at radius 3 is 2.60 bits per heavy atom. The summed E-state index contributed by atoms with van der Waals surface area (Å²) in [7, 11) is 0. The van der Waals surface area contributed by atoms with Gasteiger partial charge in [-0.1, -0.05) is 26.2 Å². The number of unbranched alkanes of at least 4 members (excludes halogenated alkanes) is 3. The molecule has 15 heavy (non-hydrogen) atoms. The molecule has 3 nitrogen and oxygen atoms in total. The Bertz CT molecular complexity index is 277. The molecular formula is C12H21N3. The van der Waals surface area contributed by atoms with Crippen LogP contribution in [0.5, 0.6) is 0 Å². The lowest BCUT2D eigenvalue weighted by Crippen LogP contribution is -2.05. The molecular weight excluding hydrogens is 186 g/mol. The van der Waals surface area contributed by atoms with Gasteiger partial charge in [-0.2, -0.15) is 0 Å². The van der Waals surface area contributed by atoms with Gasteiger partial charge in [0, 0.05) is 18.3 Å². The van der Waals surface area contributed by atoms with Gasteiger partial charge >= 0.3 is 0 Å². The fourth-order valence-electron chi connectivity index (χ4n) is 1.58. The van der Waals surface area contributed by atoms with Crippen LogP contribution in [0.4, 0.5) is 5.82 Å². The summed E-state index contributed by atoms with van der Waals surface area (Å²) in [4.78, 5) is 8.57.